The summed E-state index contributed by atoms with van der Waals surface area (Å²) < 4.78 is 0.212. The highest BCUT2D eigenvalue weighted by atomic mass is 32.2. The van der Waals surface area contributed by atoms with Gasteiger partial charge >= 0.3 is 12.0 Å². The quantitative estimate of drug-likeness (QED) is 0.675. The highest BCUT2D eigenvalue weighted by Crippen LogP contribution is 2.46. The number of hydrogen-bond acceptors (Lipinski definition) is 3. The van der Waals surface area contributed by atoms with Crippen molar-refractivity contribution >= 4 is 23.8 Å². The SMILES string of the molecule is CSC1(CNC(=O)NC(CC(=O)O)CC(C)(C)C)CC1. The van der Waals surface area contributed by atoms with E-state index in [1.807, 2.05) is 20.8 Å². The lowest BCUT2D eigenvalue weighted by atomic mass is 9.87. The van der Waals surface area contributed by atoms with E-state index < -0.39 is 5.97 Å². The third kappa shape index (κ3) is 6.50. The van der Waals surface area contributed by atoms with Crippen LogP contribution in [0.25, 0.3) is 0 Å². The predicted octanol–water partition coefficient (Wildman–Crippen LogP) is 2.46. The van der Waals surface area contributed by atoms with E-state index in [-0.39, 0.29) is 28.7 Å². The summed E-state index contributed by atoms with van der Waals surface area (Å²) in [6.07, 6.45) is 4.92. The molecule has 0 bridgehead atoms. The number of aliphatic carboxylic acids is 1. The molecule has 0 radical (unpaired) electrons. The van der Waals surface area contributed by atoms with Crippen LogP contribution < -0.4 is 10.6 Å². The first-order chi connectivity index (χ1) is 9.16. The van der Waals surface area contributed by atoms with Crippen LogP contribution in [0.3, 0.4) is 0 Å². The lowest BCUT2D eigenvalue weighted by Crippen LogP contribution is -2.46. The van der Waals surface area contributed by atoms with Gasteiger partial charge in [0.1, 0.15) is 0 Å². The van der Waals surface area contributed by atoms with Gasteiger partial charge in [0.15, 0.2) is 0 Å². The molecule has 2 amide bonds. The number of carboxylic acids is 1. The van der Waals surface area contributed by atoms with Crippen molar-refractivity contribution in [2.75, 3.05) is 12.8 Å². The summed E-state index contributed by atoms with van der Waals surface area (Å²) in [7, 11) is 0. The molecule has 20 heavy (non-hydrogen) atoms. The largest absolute Gasteiger partial charge is 0.481 e. The summed E-state index contributed by atoms with van der Waals surface area (Å²) in [5.74, 6) is -0.887. The van der Waals surface area contributed by atoms with Crippen molar-refractivity contribution in [3.05, 3.63) is 0 Å². The fourth-order valence-electron chi connectivity index (χ4n) is 2.19. The van der Waals surface area contributed by atoms with Crippen LogP contribution in [0.15, 0.2) is 0 Å². The van der Waals surface area contributed by atoms with E-state index in [1.165, 1.54) is 0 Å². The van der Waals surface area contributed by atoms with Crippen LogP contribution in [0.2, 0.25) is 0 Å². The molecule has 0 spiro atoms. The van der Waals surface area contributed by atoms with E-state index in [0.717, 1.165) is 12.8 Å². The van der Waals surface area contributed by atoms with E-state index in [0.29, 0.717) is 13.0 Å². The van der Waals surface area contributed by atoms with Crippen molar-refractivity contribution in [2.24, 2.45) is 5.41 Å². The summed E-state index contributed by atoms with van der Waals surface area (Å²) in [5.41, 5.74) is -0.0234. The van der Waals surface area contributed by atoms with Crippen LogP contribution in [0, 0.1) is 5.41 Å². The Labute approximate surface area is 125 Å². The van der Waals surface area contributed by atoms with Crippen LogP contribution in [-0.4, -0.2) is 40.7 Å². The van der Waals surface area contributed by atoms with Gasteiger partial charge in [-0.3, -0.25) is 4.79 Å². The number of thioether (sulfide) groups is 1. The fraction of sp³-hybridized carbons (Fsp3) is 0.857. The topological polar surface area (TPSA) is 78.4 Å². The van der Waals surface area contributed by atoms with Crippen LogP contribution in [-0.2, 0) is 4.79 Å². The fourth-order valence-corrected chi connectivity index (χ4v) is 2.92. The van der Waals surface area contributed by atoms with Gasteiger partial charge in [0.2, 0.25) is 0 Å². The van der Waals surface area contributed by atoms with Crippen molar-refractivity contribution in [1.29, 1.82) is 0 Å². The number of carboxylic acid groups (broad SMARTS) is 1. The lowest BCUT2D eigenvalue weighted by molar-refractivity contribution is -0.137. The molecule has 116 valence electrons. The van der Waals surface area contributed by atoms with E-state index in [9.17, 15) is 9.59 Å². The van der Waals surface area contributed by atoms with E-state index in [2.05, 4.69) is 16.9 Å². The predicted molar refractivity (Wildman–Crippen MR) is 82.1 cm³/mol. The monoisotopic (exact) mass is 302 g/mol. The second kappa shape index (κ2) is 6.70. The van der Waals surface area contributed by atoms with Gasteiger partial charge < -0.3 is 15.7 Å². The molecule has 3 N–H and O–H groups in total. The summed E-state index contributed by atoms with van der Waals surface area (Å²) in [6, 6.07) is -0.599. The average Bonchev–Trinajstić information content (AvgIpc) is 3.03. The van der Waals surface area contributed by atoms with Gasteiger partial charge in [-0.1, -0.05) is 20.8 Å². The van der Waals surface area contributed by atoms with Gasteiger partial charge in [0.25, 0.3) is 0 Å². The zero-order valence-corrected chi connectivity index (χ0v) is 13.6. The Hall–Kier alpha value is -0.910. The number of carbonyl (C=O) groups excluding carboxylic acids is 1. The second-order valence-corrected chi connectivity index (χ2v) is 8.05. The normalized spacial score (nSPS) is 18.2. The van der Waals surface area contributed by atoms with E-state index in [4.69, 9.17) is 5.11 Å². The molecule has 5 nitrogen and oxygen atoms in total. The van der Waals surface area contributed by atoms with Gasteiger partial charge in [-0.15, -0.1) is 0 Å². The van der Waals surface area contributed by atoms with Crippen molar-refractivity contribution < 1.29 is 14.7 Å². The summed E-state index contributed by atoms with van der Waals surface area (Å²) >= 11 is 1.78. The van der Waals surface area contributed by atoms with Crippen molar-refractivity contribution in [1.82, 2.24) is 10.6 Å². The van der Waals surface area contributed by atoms with Crippen molar-refractivity contribution in [2.45, 2.75) is 57.2 Å². The minimum absolute atomic E-state index is 0.0234. The van der Waals surface area contributed by atoms with Gasteiger partial charge in [0, 0.05) is 17.3 Å². The van der Waals surface area contributed by atoms with Crippen LogP contribution in [0.5, 0.6) is 0 Å². The Bertz CT molecular complexity index is 362. The second-order valence-electron chi connectivity index (χ2n) is 6.77. The van der Waals surface area contributed by atoms with Crippen molar-refractivity contribution in [3.63, 3.8) is 0 Å². The van der Waals surface area contributed by atoms with Gasteiger partial charge in [-0.2, -0.15) is 11.8 Å². The van der Waals surface area contributed by atoms with Crippen LogP contribution in [0.4, 0.5) is 4.79 Å². The zero-order chi connectivity index (χ0) is 15.4. The number of rotatable bonds is 7. The molecule has 0 aromatic carbocycles. The molecule has 0 aromatic rings. The molecule has 1 unspecified atom stereocenters. The van der Waals surface area contributed by atoms with Crippen LogP contribution in [0.1, 0.15) is 46.5 Å². The minimum Gasteiger partial charge on any atom is -0.481 e. The molecule has 1 atom stereocenters. The average molecular weight is 302 g/mol. The molecule has 1 rings (SSSR count). The molecular weight excluding hydrogens is 276 g/mol. The molecule has 1 saturated carbocycles. The Morgan fingerprint density at radius 2 is 1.95 bits per heavy atom. The standard InChI is InChI=1S/C14H26N2O3S/c1-13(2,3)8-10(7-11(17)18)16-12(19)15-9-14(20-4)5-6-14/h10H,5-9H2,1-4H3,(H,17,18)(H2,15,16,19). The molecule has 6 heteroatoms. The van der Waals surface area contributed by atoms with E-state index >= 15 is 0 Å². The first kappa shape index (κ1) is 17.1. The Kier molecular flexibility index (Phi) is 5.74. The maximum atomic E-state index is 11.9. The molecule has 0 aromatic heterocycles. The highest BCUT2D eigenvalue weighted by Gasteiger charge is 2.42. The molecule has 0 aliphatic heterocycles. The molecular formula is C14H26N2O3S. The zero-order valence-electron chi connectivity index (χ0n) is 12.8. The third-order valence-electron chi connectivity index (χ3n) is 3.43. The number of nitrogens with one attached hydrogen (secondary N) is 2. The number of urea groups is 1. The van der Waals surface area contributed by atoms with Gasteiger partial charge in [-0.25, -0.2) is 4.79 Å². The van der Waals surface area contributed by atoms with Crippen molar-refractivity contribution in [3.8, 4) is 0 Å². The Balaban J connectivity index is 2.42. The maximum absolute atomic E-state index is 11.9. The number of amides is 2. The lowest BCUT2D eigenvalue weighted by Gasteiger charge is -2.26. The highest BCUT2D eigenvalue weighted by molar-refractivity contribution is 8.00. The van der Waals surface area contributed by atoms with Gasteiger partial charge in [0.05, 0.1) is 6.42 Å². The molecule has 0 heterocycles. The Morgan fingerprint density at radius 3 is 2.35 bits per heavy atom. The minimum atomic E-state index is -0.887. The van der Waals surface area contributed by atoms with E-state index in [1.54, 1.807) is 11.8 Å². The number of carbonyl (C=O) groups is 2. The summed E-state index contributed by atoms with van der Waals surface area (Å²) in [5, 5.41) is 14.6. The molecule has 1 aliphatic carbocycles. The summed E-state index contributed by atoms with van der Waals surface area (Å²) in [6.45, 7) is 6.76. The Morgan fingerprint density at radius 1 is 1.35 bits per heavy atom. The molecule has 0 saturated heterocycles. The van der Waals surface area contributed by atoms with Crippen LogP contribution >= 0.6 is 11.8 Å². The molecule has 1 fully saturated rings. The first-order valence-electron chi connectivity index (χ1n) is 6.97. The summed E-state index contributed by atoms with van der Waals surface area (Å²) in [4.78, 5) is 22.8. The molecule has 1 aliphatic rings. The van der Waals surface area contributed by atoms with Gasteiger partial charge in [-0.05, 0) is 30.9 Å². The third-order valence-corrected chi connectivity index (χ3v) is 4.85. The first-order valence-corrected chi connectivity index (χ1v) is 8.20. The number of hydrogen-bond donors (Lipinski definition) is 3. The maximum Gasteiger partial charge on any atom is 0.315 e. The smallest absolute Gasteiger partial charge is 0.315 e.